The quantitative estimate of drug-likeness (QED) is 0.481. The number of nitrogens with zero attached hydrogens (tertiary/aromatic N) is 1. The summed E-state index contributed by atoms with van der Waals surface area (Å²) in [5, 5.41) is 3.92. The van der Waals surface area contributed by atoms with E-state index in [9.17, 15) is 9.59 Å². The molecule has 0 aromatic carbocycles. The summed E-state index contributed by atoms with van der Waals surface area (Å²) in [4.78, 5) is 21.8. The second-order valence-electron chi connectivity index (χ2n) is 2.78. The Labute approximate surface area is 63.7 Å². The predicted molar refractivity (Wildman–Crippen MR) is 36.4 cm³/mol. The Balaban J connectivity index is 2.16. The number of urea groups is 1. The highest BCUT2D eigenvalue weighted by Crippen LogP contribution is 2.16. The van der Waals surface area contributed by atoms with Gasteiger partial charge in [-0.05, 0) is 12.8 Å². The predicted octanol–water partition coefficient (Wildman–Crippen LogP) is -0.795. The second kappa shape index (κ2) is 2.20. The van der Waals surface area contributed by atoms with E-state index in [0.29, 0.717) is 0 Å². The number of hydrazine groups is 1. The van der Waals surface area contributed by atoms with E-state index in [4.69, 9.17) is 0 Å². The highest BCUT2D eigenvalue weighted by molar-refractivity contribution is 5.99. The summed E-state index contributed by atoms with van der Waals surface area (Å²) < 4.78 is 0. The van der Waals surface area contributed by atoms with Crippen LogP contribution in [0.15, 0.2) is 0 Å². The summed E-state index contributed by atoms with van der Waals surface area (Å²) in [5.74, 6) is -0.175. The zero-order valence-electron chi connectivity index (χ0n) is 5.96. The highest BCUT2D eigenvalue weighted by atomic mass is 16.2. The number of rotatable bonds is 0. The minimum absolute atomic E-state index is 0.132. The minimum atomic E-state index is -0.409. The van der Waals surface area contributed by atoms with Crippen LogP contribution >= 0.6 is 0 Å². The van der Waals surface area contributed by atoms with E-state index in [1.54, 1.807) is 5.01 Å². The molecule has 5 heteroatoms. The highest BCUT2D eigenvalue weighted by Gasteiger charge is 2.36. The normalized spacial score (nSPS) is 31.1. The molecule has 0 aromatic heterocycles. The average Bonchev–Trinajstić information content (AvgIpc) is 2.34. The van der Waals surface area contributed by atoms with Gasteiger partial charge in [0.15, 0.2) is 0 Å². The standard InChI is InChI=1S/C6H9N3O2/c10-5-4-2-1-3-9(4)8-6(11)7-5/h4H,1-3H2,(H2,7,8,10,11). The van der Waals surface area contributed by atoms with E-state index >= 15 is 0 Å². The Morgan fingerprint density at radius 3 is 3.09 bits per heavy atom. The number of carbonyl (C=O) groups excluding carboxylic acids is 2. The lowest BCUT2D eigenvalue weighted by molar-refractivity contribution is -0.126. The van der Waals surface area contributed by atoms with Crippen LogP contribution in [0.3, 0.4) is 0 Å². The molecule has 2 aliphatic rings. The van der Waals surface area contributed by atoms with Crippen LogP contribution in [-0.2, 0) is 4.79 Å². The van der Waals surface area contributed by atoms with Crippen LogP contribution in [0.25, 0.3) is 0 Å². The Morgan fingerprint density at radius 2 is 2.27 bits per heavy atom. The lowest BCUT2D eigenvalue weighted by Gasteiger charge is -2.28. The number of amides is 3. The Kier molecular flexibility index (Phi) is 1.32. The van der Waals surface area contributed by atoms with Gasteiger partial charge in [0.05, 0.1) is 0 Å². The molecule has 2 N–H and O–H groups in total. The Bertz CT molecular complexity index is 216. The van der Waals surface area contributed by atoms with Gasteiger partial charge in [-0.2, -0.15) is 0 Å². The van der Waals surface area contributed by atoms with Crippen molar-refractivity contribution in [3.8, 4) is 0 Å². The van der Waals surface area contributed by atoms with E-state index in [1.165, 1.54) is 0 Å². The fourth-order valence-corrected chi connectivity index (χ4v) is 1.53. The van der Waals surface area contributed by atoms with Gasteiger partial charge < -0.3 is 0 Å². The van der Waals surface area contributed by atoms with Crippen LogP contribution in [0.4, 0.5) is 4.79 Å². The van der Waals surface area contributed by atoms with Gasteiger partial charge in [0.1, 0.15) is 6.04 Å². The van der Waals surface area contributed by atoms with Crippen molar-refractivity contribution in [2.24, 2.45) is 0 Å². The molecular weight excluding hydrogens is 146 g/mol. The van der Waals surface area contributed by atoms with Gasteiger partial charge in [-0.25, -0.2) is 9.80 Å². The molecule has 0 bridgehead atoms. The summed E-state index contributed by atoms with van der Waals surface area (Å²) >= 11 is 0. The second-order valence-corrected chi connectivity index (χ2v) is 2.78. The fourth-order valence-electron chi connectivity index (χ4n) is 1.53. The zero-order valence-corrected chi connectivity index (χ0v) is 5.96. The van der Waals surface area contributed by atoms with Crippen LogP contribution in [0.1, 0.15) is 12.8 Å². The number of hydrogen-bond donors (Lipinski definition) is 2. The number of hydrogen-bond acceptors (Lipinski definition) is 3. The first-order chi connectivity index (χ1) is 5.27. The SMILES string of the molecule is O=C1NC(=O)C2CCCN2N1. The third kappa shape index (κ3) is 0.970. The maximum Gasteiger partial charge on any atom is 0.336 e. The first kappa shape index (κ1) is 6.60. The number of carbonyl (C=O) groups is 2. The molecule has 3 amide bonds. The molecule has 1 unspecified atom stereocenters. The van der Waals surface area contributed by atoms with Crippen molar-refractivity contribution >= 4 is 11.9 Å². The molecule has 0 saturated carbocycles. The molecule has 5 nitrogen and oxygen atoms in total. The van der Waals surface area contributed by atoms with Crippen molar-refractivity contribution in [1.82, 2.24) is 15.8 Å². The maximum absolute atomic E-state index is 11.1. The first-order valence-electron chi connectivity index (χ1n) is 3.65. The van der Waals surface area contributed by atoms with Crippen molar-refractivity contribution in [2.45, 2.75) is 18.9 Å². The molecule has 2 fully saturated rings. The molecule has 1 atom stereocenters. The zero-order chi connectivity index (χ0) is 7.84. The molecule has 0 aliphatic carbocycles. The van der Waals surface area contributed by atoms with Crippen molar-refractivity contribution < 1.29 is 9.59 Å². The van der Waals surface area contributed by atoms with Gasteiger partial charge >= 0.3 is 6.03 Å². The van der Waals surface area contributed by atoms with E-state index < -0.39 is 6.03 Å². The summed E-state index contributed by atoms with van der Waals surface area (Å²) in [5.41, 5.74) is 2.57. The van der Waals surface area contributed by atoms with Crippen molar-refractivity contribution in [3.63, 3.8) is 0 Å². The van der Waals surface area contributed by atoms with Gasteiger partial charge in [-0.15, -0.1) is 0 Å². The lowest BCUT2D eigenvalue weighted by Crippen LogP contribution is -2.61. The van der Waals surface area contributed by atoms with Gasteiger partial charge in [0.25, 0.3) is 0 Å². The van der Waals surface area contributed by atoms with Gasteiger partial charge in [-0.1, -0.05) is 0 Å². The lowest BCUT2D eigenvalue weighted by atomic mass is 10.2. The van der Waals surface area contributed by atoms with Crippen LogP contribution in [0.5, 0.6) is 0 Å². The number of fused-ring (bicyclic) bond motifs is 1. The number of nitrogens with one attached hydrogen (secondary N) is 2. The summed E-state index contributed by atoms with van der Waals surface area (Å²) in [6.07, 6.45) is 1.81. The molecule has 2 rings (SSSR count). The van der Waals surface area contributed by atoms with E-state index in [0.717, 1.165) is 19.4 Å². The minimum Gasteiger partial charge on any atom is -0.276 e. The van der Waals surface area contributed by atoms with Crippen molar-refractivity contribution in [2.75, 3.05) is 6.54 Å². The molecule has 60 valence electrons. The molecule has 2 heterocycles. The van der Waals surface area contributed by atoms with E-state index in [1.807, 2.05) is 0 Å². The molecule has 2 saturated heterocycles. The van der Waals surface area contributed by atoms with Crippen LogP contribution in [0, 0.1) is 0 Å². The van der Waals surface area contributed by atoms with E-state index in [2.05, 4.69) is 10.7 Å². The molecule has 11 heavy (non-hydrogen) atoms. The molecule has 0 aromatic rings. The Morgan fingerprint density at radius 1 is 1.45 bits per heavy atom. The van der Waals surface area contributed by atoms with Crippen molar-refractivity contribution in [1.29, 1.82) is 0 Å². The molecular formula is C6H9N3O2. The molecule has 0 spiro atoms. The monoisotopic (exact) mass is 155 g/mol. The number of imide groups is 1. The van der Waals surface area contributed by atoms with E-state index in [-0.39, 0.29) is 11.9 Å². The van der Waals surface area contributed by atoms with Crippen molar-refractivity contribution in [3.05, 3.63) is 0 Å². The largest absolute Gasteiger partial charge is 0.336 e. The fraction of sp³-hybridized carbons (Fsp3) is 0.667. The third-order valence-corrected chi connectivity index (χ3v) is 2.04. The van der Waals surface area contributed by atoms with Crippen LogP contribution in [-0.4, -0.2) is 29.5 Å². The Hall–Kier alpha value is -1.10. The summed E-state index contributed by atoms with van der Waals surface area (Å²) in [6, 6.07) is -0.541. The average molecular weight is 155 g/mol. The molecule has 2 aliphatic heterocycles. The summed E-state index contributed by atoms with van der Waals surface area (Å²) in [6.45, 7) is 0.782. The molecule has 0 radical (unpaired) electrons. The third-order valence-electron chi connectivity index (χ3n) is 2.04. The summed E-state index contributed by atoms with van der Waals surface area (Å²) in [7, 11) is 0. The van der Waals surface area contributed by atoms with Gasteiger partial charge in [-0.3, -0.25) is 15.5 Å². The van der Waals surface area contributed by atoms with Crippen LogP contribution < -0.4 is 10.7 Å². The maximum atomic E-state index is 11.1. The smallest absolute Gasteiger partial charge is 0.276 e. The first-order valence-corrected chi connectivity index (χ1v) is 3.65. The van der Waals surface area contributed by atoms with Crippen LogP contribution in [0.2, 0.25) is 0 Å². The van der Waals surface area contributed by atoms with Gasteiger partial charge in [0.2, 0.25) is 5.91 Å². The topological polar surface area (TPSA) is 61.4 Å². The van der Waals surface area contributed by atoms with Gasteiger partial charge in [0, 0.05) is 6.54 Å².